The van der Waals surface area contributed by atoms with Crippen LogP contribution in [-0.4, -0.2) is 23.6 Å². The number of aliphatic imine (C=N–C) groups is 1. The Labute approximate surface area is 171 Å². The third-order valence-electron chi connectivity index (χ3n) is 6.44. The average molecular weight is 397 g/mol. The molecular formula is C24H28FNO3. The van der Waals surface area contributed by atoms with E-state index in [1.54, 1.807) is 25.1 Å². The molecule has 0 bridgehead atoms. The van der Waals surface area contributed by atoms with Crippen LogP contribution in [0, 0.1) is 11.7 Å². The number of carbonyl (C=O) groups excluding carboxylic acids is 2. The topological polar surface area (TPSA) is 55.7 Å². The van der Waals surface area contributed by atoms with Gasteiger partial charge in [0.05, 0.1) is 11.5 Å². The second kappa shape index (κ2) is 8.60. The van der Waals surface area contributed by atoms with Gasteiger partial charge in [0.25, 0.3) is 0 Å². The van der Waals surface area contributed by atoms with Crippen molar-refractivity contribution in [1.82, 2.24) is 0 Å². The first-order valence-corrected chi connectivity index (χ1v) is 10.8. The zero-order valence-corrected chi connectivity index (χ0v) is 17.0. The van der Waals surface area contributed by atoms with Crippen LogP contribution in [0.2, 0.25) is 0 Å². The molecule has 2 atom stereocenters. The molecule has 2 fully saturated rings. The number of nitrogens with zero attached hydrogens (tertiary/aromatic N) is 1. The van der Waals surface area contributed by atoms with E-state index in [-0.39, 0.29) is 11.9 Å². The van der Waals surface area contributed by atoms with Crippen molar-refractivity contribution < 1.29 is 18.7 Å². The molecule has 0 N–H and O–H groups in total. The molecule has 1 aromatic rings. The van der Waals surface area contributed by atoms with Crippen molar-refractivity contribution in [2.45, 2.75) is 76.7 Å². The molecule has 29 heavy (non-hydrogen) atoms. The molecule has 2 aliphatic carbocycles. The van der Waals surface area contributed by atoms with E-state index in [1.165, 1.54) is 6.07 Å². The predicted octanol–water partition coefficient (Wildman–Crippen LogP) is 5.27. The maximum absolute atomic E-state index is 14.8. The highest BCUT2D eigenvalue weighted by Gasteiger charge is 2.44. The smallest absolute Gasteiger partial charge is 0.336 e. The van der Waals surface area contributed by atoms with Gasteiger partial charge in [0.15, 0.2) is 0 Å². The summed E-state index contributed by atoms with van der Waals surface area (Å²) in [5.41, 5.74) is 2.06. The van der Waals surface area contributed by atoms with Crippen LogP contribution in [-0.2, 0) is 14.3 Å². The van der Waals surface area contributed by atoms with Gasteiger partial charge in [0, 0.05) is 23.7 Å². The zero-order valence-electron chi connectivity index (χ0n) is 17.0. The Kier molecular flexibility index (Phi) is 5.93. The summed E-state index contributed by atoms with van der Waals surface area (Å²) in [5, 5.41) is 0. The van der Waals surface area contributed by atoms with Crippen LogP contribution in [0.25, 0.3) is 0 Å². The summed E-state index contributed by atoms with van der Waals surface area (Å²) in [6.07, 6.45) is 7.95. The lowest BCUT2D eigenvalue weighted by Gasteiger charge is -2.36. The molecule has 5 heteroatoms. The van der Waals surface area contributed by atoms with Crippen LogP contribution in [0.15, 0.2) is 40.5 Å². The Balaban J connectivity index is 1.73. The van der Waals surface area contributed by atoms with E-state index in [1.807, 2.05) is 0 Å². The van der Waals surface area contributed by atoms with E-state index in [0.29, 0.717) is 29.7 Å². The maximum Gasteiger partial charge on any atom is 0.336 e. The van der Waals surface area contributed by atoms with E-state index in [4.69, 9.17) is 4.74 Å². The Morgan fingerprint density at radius 2 is 1.76 bits per heavy atom. The molecule has 0 radical (unpaired) electrons. The van der Waals surface area contributed by atoms with E-state index < -0.39 is 23.6 Å². The molecule has 4 nitrogen and oxygen atoms in total. The van der Waals surface area contributed by atoms with Crippen LogP contribution >= 0.6 is 0 Å². The lowest BCUT2D eigenvalue weighted by Crippen LogP contribution is -2.39. The lowest BCUT2D eigenvalue weighted by molar-refractivity contribution is -0.145. The van der Waals surface area contributed by atoms with Gasteiger partial charge in [-0.3, -0.25) is 9.79 Å². The first-order valence-electron chi connectivity index (χ1n) is 10.8. The van der Waals surface area contributed by atoms with Gasteiger partial charge in [-0.25, -0.2) is 9.18 Å². The minimum absolute atomic E-state index is 0.0375. The fourth-order valence-electron chi connectivity index (χ4n) is 5.02. The van der Waals surface area contributed by atoms with Crippen LogP contribution in [0.5, 0.6) is 0 Å². The number of carbonyl (C=O) groups is 2. The summed E-state index contributed by atoms with van der Waals surface area (Å²) in [4.78, 5) is 30.8. The first-order chi connectivity index (χ1) is 14.1. The van der Waals surface area contributed by atoms with Crippen molar-refractivity contribution in [1.29, 1.82) is 0 Å². The van der Waals surface area contributed by atoms with Crippen LogP contribution in [0.3, 0.4) is 0 Å². The van der Waals surface area contributed by atoms with Gasteiger partial charge in [0.2, 0.25) is 0 Å². The van der Waals surface area contributed by atoms with Gasteiger partial charge < -0.3 is 4.74 Å². The van der Waals surface area contributed by atoms with Crippen molar-refractivity contribution in [2.24, 2.45) is 10.9 Å². The van der Waals surface area contributed by atoms with Crippen molar-refractivity contribution >= 4 is 17.5 Å². The molecular weight excluding hydrogens is 369 g/mol. The van der Waals surface area contributed by atoms with E-state index >= 15 is 0 Å². The number of esters is 1. The molecule has 0 saturated heterocycles. The summed E-state index contributed by atoms with van der Waals surface area (Å²) >= 11 is 0. The van der Waals surface area contributed by atoms with Gasteiger partial charge in [-0.05, 0) is 57.1 Å². The highest BCUT2D eigenvalue weighted by Crippen LogP contribution is 2.44. The standard InChI is InChI=1S/C24H28FNO3/c1-15-21(24(28)29-16-9-4-2-3-5-10-16)22(17-11-6-7-12-18(17)25)23-19(26-15)13-8-14-20(23)27/h6-7,11-12,16,22-23H,2-5,8-10,13-14H2,1H3/t22-,23+/m1/s1. The number of benzene rings is 1. The van der Waals surface area contributed by atoms with Crippen molar-refractivity contribution in [2.75, 3.05) is 0 Å². The molecule has 154 valence electrons. The molecule has 0 spiro atoms. The molecule has 1 heterocycles. The van der Waals surface area contributed by atoms with E-state index in [2.05, 4.69) is 4.99 Å². The van der Waals surface area contributed by atoms with Gasteiger partial charge in [-0.2, -0.15) is 0 Å². The second-order valence-electron chi connectivity index (χ2n) is 8.42. The molecule has 0 aromatic heterocycles. The minimum Gasteiger partial charge on any atom is -0.459 e. The fraction of sp³-hybridized carbons (Fsp3) is 0.542. The molecule has 2 saturated carbocycles. The van der Waals surface area contributed by atoms with E-state index in [9.17, 15) is 14.0 Å². The van der Waals surface area contributed by atoms with Crippen molar-refractivity contribution in [3.05, 3.63) is 46.9 Å². The number of halogens is 1. The second-order valence-corrected chi connectivity index (χ2v) is 8.42. The van der Waals surface area contributed by atoms with Crippen LogP contribution in [0.1, 0.15) is 76.2 Å². The zero-order chi connectivity index (χ0) is 20.4. The van der Waals surface area contributed by atoms with Crippen molar-refractivity contribution in [3.8, 4) is 0 Å². The van der Waals surface area contributed by atoms with Gasteiger partial charge in [0.1, 0.15) is 17.7 Å². The van der Waals surface area contributed by atoms with Gasteiger partial charge in [-0.15, -0.1) is 0 Å². The molecule has 1 aromatic carbocycles. The number of fused-ring (bicyclic) bond motifs is 1. The first kappa shape index (κ1) is 20.0. The number of ether oxygens (including phenoxy) is 1. The van der Waals surface area contributed by atoms with Gasteiger partial charge in [-0.1, -0.05) is 31.0 Å². The van der Waals surface area contributed by atoms with E-state index in [0.717, 1.165) is 50.7 Å². The third-order valence-corrected chi connectivity index (χ3v) is 6.44. The number of ketones is 1. The van der Waals surface area contributed by atoms with Gasteiger partial charge >= 0.3 is 5.97 Å². The summed E-state index contributed by atoms with van der Waals surface area (Å²) in [6.45, 7) is 1.78. The van der Waals surface area contributed by atoms with Crippen LogP contribution < -0.4 is 0 Å². The summed E-state index contributed by atoms with van der Waals surface area (Å²) < 4.78 is 20.7. The van der Waals surface area contributed by atoms with Crippen molar-refractivity contribution in [3.63, 3.8) is 0 Å². The molecule has 0 amide bonds. The normalized spacial score (nSPS) is 25.9. The summed E-state index contributed by atoms with van der Waals surface area (Å²) in [7, 11) is 0. The Morgan fingerprint density at radius 1 is 1.03 bits per heavy atom. The lowest BCUT2D eigenvalue weighted by atomic mass is 9.69. The average Bonchev–Trinajstić information content (AvgIpc) is 2.96. The number of rotatable bonds is 3. The molecule has 4 rings (SSSR count). The Bertz CT molecular complexity index is 865. The highest BCUT2D eigenvalue weighted by molar-refractivity contribution is 6.11. The summed E-state index contributed by atoms with van der Waals surface area (Å²) in [6, 6.07) is 6.44. The number of hydrogen-bond acceptors (Lipinski definition) is 4. The monoisotopic (exact) mass is 397 g/mol. The predicted molar refractivity (Wildman–Crippen MR) is 109 cm³/mol. The largest absolute Gasteiger partial charge is 0.459 e. The number of allylic oxidation sites excluding steroid dienone is 1. The molecule has 3 aliphatic rings. The quantitative estimate of drug-likeness (QED) is 0.515. The third kappa shape index (κ3) is 4.05. The minimum atomic E-state index is -0.658. The molecule has 0 unspecified atom stereocenters. The van der Waals surface area contributed by atoms with Crippen LogP contribution in [0.4, 0.5) is 4.39 Å². The molecule has 1 aliphatic heterocycles. The number of Topliss-reactive ketones (excluding diaryl/α,β-unsaturated/α-hetero) is 1. The SMILES string of the molecule is CC1=C(C(=O)OC2CCCCCC2)[C@@H](c2ccccc2F)[C@@H]2C(=O)CCCC2=N1. The highest BCUT2D eigenvalue weighted by atomic mass is 19.1. The Morgan fingerprint density at radius 3 is 2.48 bits per heavy atom. The number of hydrogen-bond donors (Lipinski definition) is 0. The fourth-order valence-corrected chi connectivity index (χ4v) is 5.02. The summed E-state index contributed by atoms with van der Waals surface area (Å²) in [5.74, 6) is -2.03. The Hall–Kier alpha value is -2.30. The maximum atomic E-state index is 14.8.